The minimum atomic E-state index is -1.11. The minimum Gasteiger partial charge on any atom is -0.478 e. The molecule has 1 aromatic rings. The van der Waals surface area contributed by atoms with Gasteiger partial charge in [-0.2, -0.15) is 0 Å². The monoisotopic (exact) mass is 275 g/mol. The van der Waals surface area contributed by atoms with Crippen LogP contribution in [0.15, 0.2) is 47.8 Å². The van der Waals surface area contributed by atoms with Gasteiger partial charge in [-0.1, -0.05) is 18.2 Å². The van der Waals surface area contributed by atoms with Crippen LogP contribution >= 0.6 is 0 Å². The molecule has 0 fully saturated rings. The maximum atomic E-state index is 11.3. The molecule has 0 amide bonds. The third kappa shape index (κ3) is 2.52. The number of carboxylic acids is 1. The van der Waals surface area contributed by atoms with Crippen LogP contribution < -0.4 is 5.84 Å². The molecular weight excluding hydrogens is 262 g/mol. The van der Waals surface area contributed by atoms with Crippen LogP contribution in [-0.2, 0) is 4.79 Å². The van der Waals surface area contributed by atoms with Gasteiger partial charge in [0.15, 0.2) is 0 Å². The highest BCUT2D eigenvalue weighted by Crippen LogP contribution is 2.32. The Labute approximate surface area is 114 Å². The smallest absolute Gasteiger partial charge is 0.334 e. The third-order valence-electron chi connectivity index (χ3n) is 3.12. The van der Waals surface area contributed by atoms with E-state index < -0.39 is 16.8 Å². The summed E-state index contributed by atoms with van der Waals surface area (Å²) in [7, 11) is 0. The van der Waals surface area contributed by atoms with Crippen molar-refractivity contribution in [3.63, 3.8) is 0 Å². The molecule has 0 spiro atoms. The summed E-state index contributed by atoms with van der Waals surface area (Å²) in [4.78, 5) is 21.6. The predicted octanol–water partition coefficient (Wildman–Crippen LogP) is 1.74. The first-order valence-corrected chi connectivity index (χ1v) is 5.82. The molecule has 0 bridgehead atoms. The van der Waals surface area contributed by atoms with Crippen LogP contribution in [-0.4, -0.2) is 21.0 Å². The number of nitro groups is 1. The van der Waals surface area contributed by atoms with Gasteiger partial charge in [0, 0.05) is 29.9 Å². The van der Waals surface area contributed by atoms with E-state index in [-0.39, 0.29) is 11.3 Å². The fraction of sp³-hybridized carbons (Fsp3) is 0.154. The molecule has 7 nitrogen and oxygen atoms in total. The first-order chi connectivity index (χ1) is 9.40. The Kier molecular flexibility index (Phi) is 3.53. The first kappa shape index (κ1) is 13.8. The van der Waals surface area contributed by atoms with Crippen molar-refractivity contribution in [1.29, 1.82) is 0 Å². The van der Waals surface area contributed by atoms with E-state index in [1.54, 1.807) is 19.1 Å². The summed E-state index contributed by atoms with van der Waals surface area (Å²) in [5, 5.41) is 21.3. The van der Waals surface area contributed by atoms with Crippen molar-refractivity contribution in [3.8, 4) is 0 Å². The van der Waals surface area contributed by atoms with Gasteiger partial charge in [0.1, 0.15) is 0 Å². The summed E-state index contributed by atoms with van der Waals surface area (Å²) in [5.74, 6) is 3.97. The van der Waals surface area contributed by atoms with Crippen LogP contribution in [0.1, 0.15) is 18.4 Å². The van der Waals surface area contributed by atoms with Crippen molar-refractivity contribution in [2.75, 3.05) is 0 Å². The maximum Gasteiger partial charge on any atom is 0.334 e. The Morgan fingerprint density at radius 3 is 2.80 bits per heavy atom. The fourth-order valence-corrected chi connectivity index (χ4v) is 2.04. The van der Waals surface area contributed by atoms with Gasteiger partial charge >= 0.3 is 5.97 Å². The number of carboxylic acid groups (broad SMARTS) is 1. The summed E-state index contributed by atoms with van der Waals surface area (Å²) in [6.07, 6.45) is 2.99. The van der Waals surface area contributed by atoms with Crippen molar-refractivity contribution in [2.24, 2.45) is 5.84 Å². The molecule has 2 rings (SSSR count). The van der Waals surface area contributed by atoms with Crippen LogP contribution in [0.2, 0.25) is 0 Å². The number of nitro benzene ring substituents is 1. The Morgan fingerprint density at radius 1 is 1.50 bits per heavy atom. The van der Waals surface area contributed by atoms with Gasteiger partial charge in [-0.15, -0.1) is 0 Å². The van der Waals surface area contributed by atoms with Crippen LogP contribution in [0.3, 0.4) is 0 Å². The van der Waals surface area contributed by atoms with E-state index in [1.165, 1.54) is 29.4 Å². The second-order valence-corrected chi connectivity index (χ2v) is 4.43. The van der Waals surface area contributed by atoms with Gasteiger partial charge in [-0.05, 0) is 12.5 Å². The van der Waals surface area contributed by atoms with E-state index in [9.17, 15) is 20.0 Å². The summed E-state index contributed by atoms with van der Waals surface area (Å²) in [6.45, 7) is 1.74. The number of rotatable bonds is 3. The molecule has 1 unspecified atom stereocenters. The number of non-ortho nitro benzene ring substituents is 1. The molecule has 0 saturated heterocycles. The van der Waals surface area contributed by atoms with Crippen LogP contribution in [0, 0.1) is 10.1 Å². The summed E-state index contributed by atoms with van der Waals surface area (Å²) < 4.78 is 0. The molecule has 1 aliphatic heterocycles. The number of allylic oxidation sites excluding steroid dienone is 2. The molecule has 0 radical (unpaired) electrons. The van der Waals surface area contributed by atoms with Gasteiger partial charge in [-0.25, -0.2) is 10.6 Å². The van der Waals surface area contributed by atoms with Gasteiger partial charge in [0.05, 0.1) is 10.5 Å². The highest BCUT2D eigenvalue weighted by atomic mass is 16.6. The third-order valence-corrected chi connectivity index (χ3v) is 3.12. The number of carbonyl (C=O) groups is 1. The van der Waals surface area contributed by atoms with Crippen molar-refractivity contribution < 1.29 is 14.8 Å². The predicted molar refractivity (Wildman–Crippen MR) is 71.3 cm³/mol. The molecule has 20 heavy (non-hydrogen) atoms. The molecule has 1 atom stereocenters. The molecule has 1 aliphatic rings. The topological polar surface area (TPSA) is 110 Å². The molecule has 104 valence electrons. The molecule has 0 saturated carbocycles. The highest BCUT2D eigenvalue weighted by Gasteiger charge is 2.26. The summed E-state index contributed by atoms with van der Waals surface area (Å²) >= 11 is 0. The zero-order valence-electron chi connectivity index (χ0n) is 10.7. The normalized spacial score (nSPS) is 18.3. The van der Waals surface area contributed by atoms with E-state index in [0.29, 0.717) is 11.3 Å². The lowest BCUT2D eigenvalue weighted by Crippen LogP contribution is -2.29. The number of aliphatic carboxylic acids is 1. The standard InChI is InChI=1S/C13H13N3O4/c1-8-5-11(12(13(17)18)7-15(8)14)9-3-2-4-10(6-9)16(19)20/h2-7,11H,14H2,1H3,(H,17,18). The Morgan fingerprint density at radius 2 is 2.20 bits per heavy atom. The van der Waals surface area contributed by atoms with Gasteiger partial charge in [0.25, 0.3) is 5.69 Å². The average Bonchev–Trinajstić information content (AvgIpc) is 2.41. The lowest BCUT2D eigenvalue weighted by molar-refractivity contribution is -0.384. The number of nitrogens with two attached hydrogens (primary N) is 1. The molecule has 1 heterocycles. The number of hydrazine groups is 1. The van der Waals surface area contributed by atoms with Gasteiger partial charge in [-0.3, -0.25) is 15.1 Å². The molecule has 1 aromatic carbocycles. The number of hydrogen-bond donors (Lipinski definition) is 2. The molecule has 3 N–H and O–H groups in total. The molecule has 0 aromatic heterocycles. The Hall–Kier alpha value is -2.67. The molecule has 7 heteroatoms. The van der Waals surface area contributed by atoms with E-state index in [0.717, 1.165) is 0 Å². The van der Waals surface area contributed by atoms with Gasteiger partial charge < -0.3 is 5.11 Å². The highest BCUT2D eigenvalue weighted by molar-refractivity contribution is 5.89. The number of benzene rings is 1. The Balaban J connectivity index is 2.49. The van der Waals surface area contributed by atoms with E-state index >= 15 is 0 Å². The maximum absolute atomic E-state index is 11.3. The number of nitrogens with zero attached hydrogens (tertiary/aromatic N) is 2. The lowest BCUT2D eigenvalue weighted by atomic mass is 9.88. The average molecular weight is 275 g/mol. The summed E-state index contributed by atoms with van der Waals surface area (Å²) in [5.41, 5.74) is 1.21. The van der Waals surface area contributed by atoms with Crippen LogP contribution in [0.4, 0.5) is 5.69 Å². The Bertz CT molecular complexity index is 636. The first-order valence-electron chi connectivity index (χ1n) is 5.82. The second-order valence-electron chi connectivity index (χ2n) is 4.43. The zero-order chi connectivity index (χ0) is 14.9. The quantitative estimate of drug-likeness (QED) is 0.494. The van der Waals surface area contributed by atoms with Crippen LogP contribution in [0.25, 0.3) is 0 Å². The van der Waals surface area contributed by atoms with E-state index in [2.05, 4.69) is 0 Å². The largest absolute Gasteiger partial charge is 0.478 e. The molecule has 0 aliphatic carbocycles. The summed E-state index contributed by atoms with van der Waals surface area (Å²) in [6, 6.07) is 5.93. The number of hydrogen-bond acceptors (Lipinski definition) is 5. The van der Waals surface area contributed by atoms with Crippen molar-refractivity contribution in [2.45, 2.75) is 12.8 Å². The van der Waals surface area contributed by atoms with Crippen molar-refractivity contribution in [3.05, 3.63) is 63.5 Å². The zero-order valence-corrected chi connectivity index (χ0v) is 10.7. The second kappa shape index (κ2) is 5.14. The molecular formula is C13H13N3O4. The lowest BCUT2D eigenvalue weighted by Gasteiger charge is -2.26. The van der Waals surface area contributed by atoms with Gasteiger partial charge in [0.2, 0.25) is 0 Å². The van der Waals surface area contributed by atoms with Crippen molar-refractivity contribution >= 4 is 11.7 Å². The van der Waals surface area contributed by atoms with E-state index in [1.807, 2.05) is 0 Å². The SMILES string of the molecule is CC1=CC(c2cccc([N+](=O)[O-])c2)C(C(=O)O)=CN1N. The van der Waals surface area contributed by atoms with Crippen LogP contribution in [0.5, 0.6) is 0 Å². The van der Waals surface area contributed by atoms with Crippen molar-refractivity contribution in [1.82, 2.24) is 5.01 Å². The van der Waals surface area contributed by atoms with E-state index in [4.69, 9.17) is 5.84 Å². The fourth-order valence-electron chi connectivity index (χ4n) is 2.04. The minimum absolute atomic E-state index is 0.0681.